The number of carbonyl (C=O) groups excluding carboxylic acids is 7. The summed E-state index contributed by atoms with van der Waals surface area (Å²) in [5.41, 5.74) is 6.01. The lowest BCUT2D eigenvalue weighted by atomic mass is 10.0. The van der Waals surface area contributed by atoms with Crippen molar-refractivity contribution in [1.29, 1.82) is 0 Å². The molecule has 0 spiro atoms. The molecule has 25 nitrogen and oxygen atoms in total. The van der Waals surface area contributed by atoms with Gasteiger partial charge >= 0.3 is 6.09 Å². The first kappa shape index (κ1) is 72.6. The summed E-state index contributed by atoms with van der Waals surface area (Å²) in [4.78, 5) is 103. The minimum Gasteiger partial charge on any atom is -0.493 e. The Labute approximate surface area is 570 Å². The van der Waals surface area contributed by atoms with Gasteiger partial charge in [0.15, 0.2) is 29.2 Å². The number of allylic oxidation sites excluding steroid dienone is 12. The summed E-state index contributed by atoms with van der Waals surface area (Å²) < 4.78 is 51.8. The van der Waals surface area contributed by atoms with Crippen molar-refractivity contribution in [2.24, 2.45) is 16.8 Å². The van der Waals surface area contributed by atoms with Gasteiger partial charge in [-0.25, -0.2) is 9.69 Å². The van der Waals surface area contributed by atoms with Crippen LogP contribution < -0.4 is 45.1 Å². The number of hydrogen-bond donors (Lipinski definition) is 5. The van der Waals surface area contributed by atoms with Crippen LogP contribution in [0.4, 0.5) is 21.9 Å². The molecule has 5 atom stereocenters. The minimum absolute atomic E-state index is 0.00798. The highest BCUT2D eigenvalue weighted by molar-refractivity contribution is 6.07. The second-order valence-electron chi connectivity index (χ2n) is 24.1. The predicted molar refractivity (Wildman–Crippen MR) is 366 cm³/mol. The molecule has 0 fully saturated rings. The number of ether oxygens (including phenoxy) is 9. The average Bonchev–Trinajstić information content (AvgIpc) is 1.63. The van der Waals surface area contributed by atoms with E-state index in [2.05, 4.69) is 38.4 Å². The van der Waals surface area contributed by atoms with Gasteiger partial charge < -0.3 is 78.8 Å². The van der Waals surface area contributed by atoms with E-state index in [1.54, 1.807) is 67.6 Å². The Hall–Kier alpha value is -9.66. The maximum absolute atomic E-state index is 14.4. The van der Waals surface area contributed by atoms with Crippen molar-refractivity contribution in [3.8, 4) is 23.0 Å². The average molecular weight is 1350 g/mol. The fraction of sp³-hybridized carbons (Fsp3) is 0.425. The maximum atomic E-state index is 14.4. The summed E-state index contributed by atoms with van der Waals surface area (Å²) in [6, 6.07) is 9.65. The normalized spacial score (nSPS) is 18.7. The van der Waals surface area contributed by atoms with Crippen molar-refractivity contribution in [3.63, 3.8) is 0 Å². The summed E-state index contributed by atoms with van der Waals surface area (Å²) in [7, 11) is 2.91. The van der Waals surface area contributed by atoms with Gasteiger partial charge in [-0.2, -0.15) is 0 Å². The van der Waals surface area contributed by atoms with Crippen LogP contribution in [0.1, 0.15) is 93.0 Å². The van der Waals surface area contributed by atoms with Gasteiger partial charge in [-0.05, 0) is 91.7 Å². The fourth-order valence-corrected chi connectivity index (χ4v) is 11.6. The topological polar surface area (TPSA) is 293 Å². The summed E-state index contributed by atoms with van der Waals surface area (Å²) in [6.07, 6.45) is 23.9. The van der Waals surface area contributed by atoms with Gasteiger partial charge in [0.1, 0.15) is 18.7 Å². The molecule has 0 saturated heterocycles. The number of rotatable bonds is 35. The van der Waals surface area contributed by atoms with Gasteiger partial charge in [0, 0.05) is 68.2 Å². The van der Waals surface area contributed by atoms with E-state index in [1.165, 1.54) is 49.3 Å². The van der Waals surface area contributed by atoms with Crippen LogP contribution in [0, 0.1) is 11.8 Å². The minimum atomic E-state index is -1.58. The van der Waals surface area contributed by atoms with E-state index >= 15 is 0 Å². The predicted octanol–water partition coefficient (Wildman–Crippen LogP) is 8.25. The third-order valence-corrected chi connectivity index (χ3v) is 16.8. The standard InChI is InChI=1S/C73H88N8O17/c1-8-15-49-35-52-42-75-58-40-63(61(90-6)37-56(58)70(86)79(52)43-49)96-25-14-26-97-64-41-59-57(38-62(64)91-7)71(87)80-44-50(16-9-2)36-60(80)72(88)81(59)73(89)98-45-48-19-21-51(22-20-48)77-68(84)47(5)76-69(85)67(46(3)4)78-65(82)23-27-92-29-31-94-33-34-95-32-30-93-28-24-74-66(83)39-55-53-17-12-10-11-13-18-54(53)55/h8-13,15-22,37-38,40-44,46-47,52,55,60,67,72,88H,14,23-36,39,45H2,1-7H3,(H,74,83)(H,76,85)(H,77,84)(H,78,82). The zero-order chi connectivity index (χ0) is 69.7. The molecule has 4 heterocycles. The van der Waals surface area contributed by atoms with Crippen molar-refractivity contribution in [2.75, 3.05) is 97.0 Å². The zero-order valence-corrected chi connectivity index (χ0v) is 56.5. The van der Waals surface area contributed by atoms with Gasteiger partial charge in [-0.15, -0.1) is 0 Å². The van der Waals surface area contributed by atoms with Crippen molar-refractivity contribution in [3.05, 3.63) is 161 Å². The number of aliphatic imine (C=N–C) groups is 1. The van der Waals surface area contributed by atoms with E-state index in [4.69, 9.17) is 42.6 Å². The van der Waals surface area contributed by atoms with Crippen LogP contribution in [0.2, 0.25) is 0 Å². The van der Waals surface area contributed by atoms with Crippen LogP contribution in [0.25, 0.3) is 0 Å². The van der Waals surface area contributed by atoms with Crippen LogP contribution in [0.15, 0.2) is 149 Å². The summed E-state index contributed by atoms with van der Waals surface area (Å²) >= 11 is 0. The fourth-order valence-electron chi connectivity index (χ4n) is 11.6. The molecule has 3 aromatic carbocycles. The van der Waals surface area contributed by atoms with E-state index in [1.807, 2.05) is 68.7 Å². The van der Waals surface area contributed by atoms with Gasteiger partial charge in [0.25, 0.3) is 11.8 Å². The quantitative estimate of drug-likeness (QED) is 0.0346. The number of fused-ring (bicyclic) bond motifs is 4. The molecule has 25 heteroatoms. The number of hydrogen-bond acceptors (Lipinski definition) is 18. The Bertz CT molecular complexity index is 3660. The lowest BCUT2D eigenvalue weighted by molar-refractivity contribution is -0.132. The molecular formula is C73H88N8O17. The molecule has 0 saturated carbocycles. The largest absolute Gasteiger partial charge is 0.493 e. The van der Waals surface area contributed by atoms with Crippen LogP contribution >= 0.6 is 0 Å². The number of amides is 7. The smallest absolute Gasteiger partial charge is 0.416 e. The molecule has 9 rings (SSSR count). The van der Waals surface area contributed by atoms with Crippen molar-refractivity contribution < 1.29 is 81.3 Å². The van der Waals surface area contributed by atoms with E-state index in [-0.39, 0.29) is 105 Å². The Balaban J connectivity index is 0.689. The molecule has 98 heavy (non-hydrogen) atoms. The van der Waals surface area contributed by atoms with E-state index < -0.39 is 54.1 Å². The Morgan fingerprint density at radius 2 is 1.26 bits per heavy atom. The maximum Gasteiger partial charge on any atom is 0.416 e. The molecular weight excluding hydrogens is 1260 g/mol. The second-order valence-corrected chi connectivity index (χ2v) is 24.1. The number of benzene rings is 3. The lowest BCUT2D eigenvalue weighted by Gasteiger charge is -2.31. The zero-order valence-electron chi connectivity index (χ0n) is 56.5. The Morgan fingerprint density at radius 3 is 1.89 bits per heavy atom. The van der Waals surface area contributed by atoms with Crippen LogP contribution in [0.3, 0.4) is 0 Å². The summed E-state index contributed by atoms with van der Waals surface area (Å²) in [6.45, 7) is 11.7. The van der Waals surface area contributed by atoms with Crippen LogP contribution in [-0.4, -0.2) is 180 Å². The van der Waals surface area contributed by atoms with Crippen LogP contribution in [0.5, 0.6) is 23.0 Å². The SMILES string of the molecule is CC=CC1=CN2C(=O)c3cc(OC)c(OCCCOc4cc5c(cc4OC)C(=O)N4C=C(C=CC)CC4C(O)N5C(=O)OCc4ccc(NC(=O)C(C)NC(=O)C(NC(=O)CCOCCOCCOCCOCCNC(=O)CC5C6=C5C=CC=CC=C6)C(C)C)cc4)cc3N=CC2C1. The van der Waals surface area contributed by atoms with Gasteiger partial charge in [0.2, 0.25) is 23.6 Å². The Kier molecular flexibility index (Phi) is 26.3. The third-order valence-electron chi connectivity index (χ3n) is 16.8. The number of nitrogens with one attached hydrogen (secondary N) is 4. The summed E-state index contributed by atoms with van der Waals surface area (Å²) in [5.74, 6) is -1.21. The third kappa shape index (κ3) is 19.1. The highest BCUT2D eigenvalue weighted by atomic mass is 16.6. The monoisotopic (exact) mass is 1350 g/mol. The lowest BCUT2D eigenvalue weighted by Crippen LogP contribution is -2.53. The van der Waals surface area contributed by atoms with Gasteiger partial charge in [-0.3, -0.25) is 33.8 Å². The van der Waals surface area contributed by atoms with E-state index in [9.17, 15) is 38.7 Å². The van der Waals surface area contributed by atoms with Gasteiger partial charge in [0.05, 0.1) is 115 Å². The number of carbonyl (C=O) groups is 7. The first-order chi connectivity index (χ1) is 47.5. The molecule has 0 bridgehead atoms. The van der Waals surface area contributed by atoms with Crippen molar-refractivity contribution in [2.45, 2.75) is 104 Å². The molecule has 6 aliphatic rings. The number of aliphatic hydroxyl groups is 1. The van der Waals surface area contributed by atoms with Crippen molar-refractivity contribution >= 4 is 64.8 Å². The Morgan fingerprint density at radius 1 is 0.663 bits per heavy atom. The molecule has 7 amide bonds. The highest BCUT2D eigenvalue weighted by Crippen LogP contribution is 2.45. The van der Waals surface area contributed by atoms with Gasteiger partial charge in [-0.1, -0.05) is 86.7 Å². The second kappa shape index (κ2) is 35.5. The molecule has 3 aromatic rings. The molecule has 5 unspecified atom stereocenters. The number of nitrogens with zero attached hydrogens (tertiary/aromatic N) is 4. The first-order valence-electron chi connectivity index (χ1n) is 33.0. The first-order valence-corrected chi connectivity index (χ1v) is 33.0. The number of aliphatic hydroxyl groups excluding tert-OH is 1. The molecule has 5 N–H and O–H groups in total. The number of methoxy groups -OCH3 is 2. The number of anilines is 2. The molecule has 0 aromatic heterocycles. The molecule has 4 aliphatic heterocycles. The molecule has 522 valence electrons. The molecule has 0 radical (unpaired) electrons. The summed E-state index contributed by atoms with van der Waals surface area (Å²) in [5, 5.41) is 23.2. The molecule has 2 aliphatic carbocycles. The van der Waals surface area contributed by atoms with E-state index in [0.29, 0.717) is 92.8 Å². The van der Waals surface area contributed by atoms with E-state index in [0.717, 1.165) is 16.0 Å². The van der Waals surface area contributed by atoms with Crippen molar-refractivity contribution in [1.82, 2.24) is 25.8 Å². The van der Waals surface area contributed by atoms with Crippen LogP contribution in [-0.2, 0) is 49.5 Å². The highest BCUT2D eigenvalue weighted by Gasteiger charge is 2.46.